The van der Waals surface area contributed by atoms with Crippen molar-refractivity contribution in [1.82, 2.24) is 4.90 Å². The van der Waals surface area contributed by atoms with Gasteiger partial charge >= 0.3 is 0 Å². The molecule has 110 valence electrons. The van der Waals surface area contributed by atoms with Crippen molar-refractivity contribution in [2.24, 2.45) is 5.73 Å². The summed E-state index contributed by atoms with van der Waals surface area (Å²) in [5.74, 6) is 0. The zero-order valence-electron chi connectivity index (χ0n) is 12.9. The molecule has 0 amide bonds. The first-order valence-corrected chi connectivity index (χ1v) is 8.19. The summed E-state index contributed by atoms with van der Waals surface area (Å²) in [5, 5.41) is 0. The third-order valence-corrected chi connectivity index (χ3v) is 5.44. The van der Waals surface area contributed by atoms with Gasteiger partial charge in [-0.3, -0.25) is 4.90 Å². The van der Waals surface area contributed by atoms with Gasteiger partial charge in [-0.15, -0.1) is 0 Å². The average Bonchev–Trinajstić information content (AvgIpc) is 2.48. The first-order chi connectivity index (χ1) is 9.63. The zero-order valence-corrected chi connectivity index (χ0v) is 12.9. The minimum atomic E-state index is 0.321. The molecule has 1 aromatic carbocycles. The molecule has 1 heterocycles. The van der Waals surface area contributed by atoms with E-state index in [9.17, 15) is 0 Å². The predicted octanol–water partition coefficient (Wildman–Crippen LogP) is 3.61. The van der Waals surface area contributed by atoms with E-state index in [2.05, 4.69) is 43.0 Å². The number of hydrogen-bond acceptors (Lipinski definition) is 2. The van der Waals surface area contributed by atoms with Gasteiger partial charge in [0, 0.05) is 18.6 Å². The third-order valence-electron chi connectivity index (χ3n) is 5.44. The van der Waals surface area contributed by atoms with Crippen LogP contribution in [0.1, 0.15) is 63.1 Å². The standard InChI is InChI=1S/C18H28N2/c1-18(2)11-10-17(15-8-3-4-9-16(15)18)20-12-6-5-7-14(20)13-19/h3-4,8-9,14,17H,5-7,10-13,19H2,1-2H3. The molecule has 0 spiro atoms. The second-order valence-corrected chi connectivity index (χ2v) is 7.15. The van der Waals surface area contributed by atoms with E-state index >= 15 is 0 Å². The Bertz CT molecular complexity index is 466. The van der Waals surface area contributed by atoms with Gasteiger partial charge in [0.15, 0.2) is 0 Å². The van der Waals surface area contributed by atoms with Crippen LogP contribution in [0.5, 0.6) is 0 Å². The molecular weight excluding hydrogens is 244 g/mol. The van der Waals surface area contributed by atoms with Gasteiger partial charge in [-0.25, -0.2) is 0 Å². The van der Waals surface area contributed by atoms with Gasteiger partial charge in [0.2, 0.25) is 0 Å². The highest BCUT2D eigenvalue weighted by molar-refractivity contribution is 5.38. The molecule has 1 fully saturated rings. The van der Waals surface area contributed by atoms with E-state index in [4.69, 9.17) is 5.73 Å². The number of piperidine rings is 1. The van der Waals surface area contributed by atoms with Crippen molar-refractivity contribution in [3.8, 4) is 0 Å². The summed E-state index contributed by atoms with van der Waals surface area (Å²) in [4.78, 5) is 2.71. The molecule has 2 N–H and O–H groups in total. The van der Waals surface area contributed by atoms with Crippen molar-refractivity contribution in [3.63, 3.8) is 0 Å². The Kier molecular flexibility index (Phi) is 3.87. The number of fused-ring (bicyclic) bond motifs is 1. The van der Waals surface area contributed by atoms with Crippen molar-refractivity contribution < 1.29 is 0 Å². The Morgan fingerprint density at radius 1 is 1.20 bits per heavy atom. The average molecular weight is 272 g/mol. The SMILES string of the molecule is CC1(C)CCC(N2CCCCC2CN)c2ccccc21. The predicted molar refractivity (Wildman–Crippen MR) is 84.8 cm³/mol. The second-order valence-electron chi connectivity index (χ2n) is 7.15. The third kappa shape index (κ3) is 2.40. The first-order valence-electron chi connectivity index (χ1n) is 8.19. The number of rotatable bonds is 2. The maximum Gasteiger partial charge on any atom is 0.0354 e. The first kappa shape index (κ1) is 14.1. The molecule has 0 radical (unpaired) electrons. The van der Waals surface area contributed by atoms with Crippen molar-refractivity contribution in [3.05, 3.63) is 35.4 Å². The van der Waals surface area contributed by atoms with Crippen LogP contribution < -0.4 is 5.73 Å². The van der Waals surface area contributed by atoms with Gasteiger partial charge in [0.1, 0.15) is 0 Å². The molecule has 2 aliphatic rings. The summed E-state index contributed by atoms with van der Waals surface area (Å²) in [6, 6.07) is 10.3. The molecular formula is C18H28N2. The van der Waals surface area contributed by atoms with Crippen LogP contribution in [0, 0.1) is 0 Å². The minimum Gasteiger partial charge on any atom is -0.329 e. The number of benzene rings is 1. The summed E-state index contributed by atoms with van der Waals surface area (Å²) in [6.07, 6.45) is 6.51. The molecule has 1 aliphatic heterocycles. The maximum atomic E-state index is 6.03. The van der Waals surface area contributed by atoms with E-state index in [0.29, 0.717) is 17.5 Å². The Labute approximate surface area is 123 Å². The highest BCUT2D eigenvalue weighted by Gasteiger charge is 2.37. The Morgan fingerprint density at radius 2 is 2.00 bits per heavy atom. The lowest BCUT2D eigenvalue weighted by molar-refractivity contribution is 0.0815. The lowest BCUT2D eigenvalue weighted by Gasteiger charge is -2.46. The molecule has 2 heteroatoms. The highest BCUT2D eigenvalue weighted by Crippen LogP contribution is 2.45. The smallest absolute Gasteiger partial charge is 0.0354 e. The monoisotopic (exact) mass is 272 g/mol. The molecule has 20 heavy (non-hydrogen) atoms. The lowest BCUT2D eigenvalue weighted by atomic mass is 9.70. The number of hydrogen-bond donors (Lipinski definition) is 1. The molecule has 2 atom stereocenters. The van der Waals surface area contributed by atoms with E-state index in [1.165, 1.54) is 38.6 Å². The molecule has 0 bridgehead atoms. The summed E-state index contributed by atoms with van der Waals surface area (Å²) < 4.78 is 0. The number of nitrogens with zero attached hydrogens (tertiary/aromatic N) is 1. The molecule has 3 rings (SSSR count). The van der Waals surface area contributed by atoms with Crippen molar-refractivity contribution in [2.45, 2.75) is 63.5 Å². The van der Waals surface area contributed by atoms with Gasteiger partial charge < -0.3 is 5.73 Å². The molecule has 0 aromatic heterocycles. The van der Waals surface area contributed by atoms with Crippen LogP contribution in [0.2, 0.25) is 0 Å². The maximum absolute atomic E-state index is 6.03. The Balaban J connectivity index is 1.95. The lowest BCUT2D eigenvalue weighted by Crippen LogP contribution is -2.47. The second kappa shape index (κ2) is 5.50. The zero-order chi connectivity index (χ0) is 14.2. The van der Waals surface area contributed by atoms with Crippen molar-refractivity contribution >= 4 is 0 Å². The van der Waals surface area contributed by atoms with Gasteiger partial charge in [-0.05, 0) is 48.8 Å². The topological polar surface area (TPSA) is 29.3 Å². The van der Waals surface area contributed by atoms with Crippen LogP contribution in [0.25, 0.3) is 0 Å². The van der Waals surface area contributed by atoms with E-state index in [-0.39, 0.29) is 0 Å². The molecule has 0 saturated carbocycles. The van der Waals surface area contributed by atoms with Crippen molar-refractivity contribution in [2.75, 3.05) is 13.1 Å². The Morgan fingerprint density at radius 3 is 2.80 bits per heavy atom. The summed E-state index contributed by atoms with van der Waals surface area (Å²) in [5.41, 5.74) is 9.47. The van der Waals surface area contributed by atoms with Crippen LogP contribution in [-0.2, 0) is 5.41 Å². The van der Waals surface area contributed by atoms with Crippen LogP contribution >= 0.6 is 0 Å². The summed E-state index contributed by atoms with van der Waals surface area (Å²) in [6.45, 7) is 6.81. The van der Waals surface area contributed by atoms with Crippen LogP contribution in [0.4, 0.5) is 0 Å². The fraction of sp³-hybridized carbons (Fsp3) is 0.667. The molecule has 2 nitrogen and oxygen atoms in total. The highest BCUT2D eigenvalue weighted by atomic mass is 15.2. The largest absolute Gasteiger partial charge is 0.329 e. The van der Waals surface area contributed by atoms with Crippen LogP contribution in [0.3, 0.4) is 0 Å². The molecule has 1 aromatic rings. The Hall–Kier alpha value is -0.860. The fourth-order valence-electron chi connectivity index (χ4n) is 4.22. The van der Waals surface area contributed by atoms with E-state index in [0.717, 1.165) is 6.54 Å². The number of likely N-dealkylation sites (tertiary alicyclic amines) is 1. The quantitative estimate of drug-likeness (QED) is 0.891. The van der Waals surface area contributed by atoms with E-state index in [1.54, 1.807) is 11.1 Å². The summed E-state index contributed by atoms with van der Waals surface area (Å²) >= 11 is 0. The molecule has 2 unspecified atom stereocenters. The van der Waals surface area contributed by atoms with E-state index in [1.807, 2.05) is 0 Å². The van der Waals surface area contributed by atoms with Gasteiger partial charge in [0.05, 0.1) is 0 Å². The van der Waals surface area contributed by atoms with Gasteiger partial charge in [-0.1, -0.05) is 44.5 Å². The number of nitrogens with two attached hydrogens (primary N) is 1. The minimum absolute atomic E-state index is 0.321. The van der Waals surface area contributed by atoms with E-state index < -0.39 is 0 Å². The normalized spacial score (nSPS) is 29.9. The molecule has 1 aliphatic carbocycles. The van der Waals surface area contributed by atoms with Crippen LogP contribution in [0.15, 0.2) is 24.3 Å². The van der Waals surface area contributed by atoms with Gasteiger partial charge in [-0.2, -0.15) is 0 Å². The van der Waals surface area contributed by atoms with Gasteiger partial charge in [0.25, 0.3) is 0 Å². The summed E-state index contributed by atoms with van der Waals surface area (Å²) in [7, 11) is 0. The fourth-order valence-corrected chi connectivity index (χ4v) is 4.22. The molecule has 1 saturated heterocycles. The van der Waals surface area contributed by atoms with Crippen molar-refractivity contribution in [1.29, 1.82) is 0 Å². The van der Waals surface area contributed by atoms with Crippen LogP contribution in [-0.4, -0.2) is 24.0 Å².